The van der Waals surface area contributed by atoms with Gasteiger partial charge in [-0.1, -0.05) is 35.5 Å². The van der Waals surface area contributed by atoms with Gasteiger partial charge in [0.2, 0.25) is 27.6 Å². The molecule has 0 radical (unpaired) electrons. The average molecular weight is 402 g/mol. The summed E-state index contributed by atoms with van der Waals surface area (Å²) in [6, 6.07) is 13.3. The summed E-state index contributed by atoms with van der Waals surface area (Å²) in [6.45, 7) is 1.14. The Labute approximate surface area is 161 Å². The molecule has 0 fully saturated rings. The smallest absolute Gasteiger partial charge is 0.242 e. The Balaban J connectivity index is 1.75. The van der Waals surface area contributed by atoms with Crippen LogP contribution in [0.5, 0.6) is 5.75 Å². The fourth-order valence-electron chi connectivity index (χ4n) is 2.41. The van der Waals surface area contributed by atoms with Crippen molar-refractivity contribution in [3.05, 3.63) is 54.4 Å². The van der Waals surface area contributed by atoms with Crippen LogP contribution in [0, 0.1) is 0 Å². The van der Waals surface area contributed by atoms with Gasteiger partial charge in [0.1, 0.15) is 5.75 Å². The lowest BCUT2D eigenvalue weighted by Gasteiger charge is -2.11. The molecule has 28 heavy (non-hydrogen) atoms. The highest BCUT2D eigenvalue weighted by atomic mass is 32.2. The Morgan fingerprint density at radius 2 is 1.93 bits per heavy atom. The molecule has 146 valence electrons. The first kappa shape index (κ1) is 19.5. The summed E-state index contributed by atoms with van der Waals surface area (Å²) in [5, 5.41) is 6.38. The number of methoxy groups -OCH3 is 1. The van der Waals surface area contributed by atoms with E-state index in [4.69, 9.17) is 9.26 Å². The number of nitrogens with zero attached hydrogens (tertiary/aromatic N) is 2. The van der Waals surface area contributed by atoms with Gasteiger partial charge in [-0.05, 0) is 18.2 Å². The van der Waals surface area contributed by atoms with Crippen LogP contribution in [-0.4, -0.2) is 31.6 Å². The molecule has 0 aliphatic heterocycles. The summed E-state index contributed by atoms with van der Waals surface area (Å²) < 4.78 is 37.8. The third-order valence-electron chi connectivity index (χ3n) is 3.71. The van der Waals surface area contributed by atoms with Crippen LogP contribution < -0.4 is 14.8 Å². The van der Waals surface area contributed by atoms with Crippen molar-refractivity contribution in [2.45, 2.75) is 18.4 Å². The van der Waals surface area contributed by atoms with E-state index in [1.165, 1.54) is 32.2 Å². The number of nitrogens with one attached hydrogen (secondary N) is 2. The number of ether oxygens (including phenoxy) is 1. The predicted octanol–water partition coefficient (Wildman–Crippen LogP) is 2.18. The van der Waals surface area contributed by atoms with Crippen LogP contribution in [0.15, 0.2) is 57.9 Å². The molecule has 3 rings (SSSR count). The van der Waals surface area contributed by atoms with Crippen LogP contribution in [0.1, 0.15) is 12.8 Å². The Kier molecular flexibility index (Phi) is 5.71. The van der Waals surface area contributed by atoms with Crippen molar-refractivity contribution in [1.82, 2.24) is 14.9 Å². The zero-order valence-corrected chi connectivity index (χ0v) is 16.0. The van der Waals surface area contributed by atoms with Crippen LogP contribution in [0.4, 0.5) is 5.69 Å². The van der Waals surface area contributed by atoms with Gasteiger partial charge in [-0.2, -0.15) is 4.98 Å². The Bertz CT molecular complexity index is 1080. The maximum absolute atomic E-state index is 12.6. The van der Waals surface area contributed by atoms with Crippen molar-refractivity contribution in [2.24, 2.45) is 0 Å². The summed E-state index contributed by atoms with van der Waals surface area (Å²) >= 11 is 0. The normalized spacial score (nSPS) is 11.2. The second-order valence-corrected chi connectivity index (χ2v) is 7.51. The predicted molar refractivity (Wildman–Crippen MR) is 101 cm³/mol. The Morgan fingerprint density at radius 1 is 1.18 bits per heavy atom. The summed E-state index contributed by atoms with van der Waals surface area (Å²) in [6.07, 6.45) is 0. The van der Waals surface area contributed by atoms with E-state index in [1.54, 1.807) is 0 Å². The van der Waals surface area contributed by atoms with E-state index in [9.17, 15) is 13.2 Å². The molecule has 2 N–H and O–H groups in total. The SMILES string of the molecule is COc1ccc(S(=O)(=O)NCc2nc(-c3ccccc3)no2)cc1NC(C)=O. The molecule has 0 aliphatic rings. The van der Waals surface area contributed by atoms with E-state index in [0.29, 0.717) is 11.6 Å². The zero-order chi connectivity index (χ0) is 20.1. The highest BCUT2D eigenvalue weighted by Gasteiger charge is 2.18. The second kappa shape index (κ2) is 8.19. The van der Waals surface area contributed by atoms with Gasteiger partial charge in [0.05, 0.1) is 24.2 Å². The summed E-state index contributed by atoms with van der Waals surface area (Å²) in [7, 11) is -2.46. The number of hydrogen-bond acceptors (Lipinski definition) is 7. The molecule has 0 unspecified atom stereocenters. The maximum Gasteiger partial charge on any atom is 0.242 e. The molecule has 0 saturated carbocycles. The highest BCUT2D eigenvalue weighted by Crippen LogP contribution is 2.27. The number of benzene rings is 2. The van der Waals surface area contributed by atoms with Crippen molar-refractivity contribution in [3.63, 3.8) is 0 Å². The summed E-state index contributed by atoms with van der Waals surface area (Å²) in [5.74, 6) is 0.490. The number of anilines is 1. The minimum atomic E-state index is -3.88. The number of carbonyl (C=O) groups excluding carboxylic acids is 1. The van der Waals surface area contributed by atoms with Gasteiger partial charge in [-0.25, -0.2) is 13.1 Å². The van der Waals surface area contributed by atoms with E-state index < -0.39 is 10.0 Å². The molecular weight excluding hydrogens is 384 g/mol. The molecule has 1 amide bonds. The number of hydrogen-bond donors (Lipinski definition) is 2. The van der Waals surface area contributed by atoms with Crippen molar-refractivity contribution >= 4 is 21.6 Å². The lowest BCUT2D eigenvalue weighted by molar-refractivity contribution is -0.114. The van der Waals surface area contributed by atoms with Crippen molar-refractivity contribution in [2.75, 3.05) is 12.4 Å². The first-order chi connectivity index (χ1) is 13.4. The van der Waals surface area contributed by atoms with E-state index in [1.807, 2.05) is 30.3 Å². The summed E-state index contributed by atoms with van der Waals surface area (Å²) in [4.78, 5) is 15.5. The van der Waals surface area contributed by atoms with E-state index in [0.717, 1.165) is 5.56 Å². The molecule has 0 atom stereocenters. The molecular formula is C18H18N4O5S. The van der Waals surface area contributed by atoms with Gasteiger partial charge in [0.25, 0.3) is 0 Å². The molecule has 9 nitrogen and oxygen atoms in total. The first-order valence-corrected chi connectivity index (χ1v) is 9.70. The topological polar surface area (TPSA) is 123 Å². The van der Waals surface area contributed by atoms with Gasteiger partial charge >= 0.3 is 0 Å². The van der Waals surface area contributed by atoms with Crippen LogP contribution in [0.25, 0.3) is 11.4 Å². The fourth-order valence-corrected chi connectivity index (χ4v) is 3.41. The number of aromatic nitrogens is 2. The molecule has 2 aromatic carbocycles. The van der Waals surface area contributed by atoms with Crippen LogP contribution in [0.2, 0.25) is 0 Å². The first-order valence-electron chi connectivity index (χ1n) is 8.22. The molecule has 10 heteroatoms. The Hall–Kier alpha value is -3.24. The number of rotatable bonds is 7. The van der Waals surface area contributed by atoms with Gasteiger partial charge in [0, 0.05) is 12.5 Å². The summed E-state index contributed by atoms with van der Waals surface area (Å²) in [5.41, 5.74) is 1.01. The van der Waals surface area contributed by atoms with Crippen LogP contribution >= 0.6 is 0 Å². The van der Waals surface area contributed by atoms with Crippen LogP contribution in [0.3, 0.4) is 0 Å². The minimum absolute atomic E-state index is 0.0418. The minimum Gasteiger partial charge on any atom is -0.495 e. The van der Waals surface area contributed by atoms with E-state index >= 15 is 0 Å². The average Bonchev–Trinajstić information content (AvgIpc) is 3.16. The lowest BCUT2D eigenvalue weighted by Crippen LogP contribution is -2.23. The quantitative estimate of drug-likeness (QED) is 0.621. The Morgan fingerprint density at radius 3 is 2.61 bits per heavy atom. The maximum atomic E-state index is 12.6. The second-order valence-electron chi connectivity index (χ2n) is 5.75. The largest absolute Gasteiger partial charge is 0.495 e. The molecule has 0 spiro atoms. The number of amides is 1. The van der Waals surface area contributed by atoms with Gasteiger partial charge in [0.15, 0.2) is 0 Å². The van der Waals surface area contributed by atoms with Gasteiger partial charge in [-0.3, -0.25) is 4.79 Å². The zero-order valence-electron chi connectivity index (χ0n) is 15.2. The third kappa shape index (κ3) is 4.53. The molecule has 1 heterocycles. The fraction of sp³-hybridized carbons (Fsp3) is 0.167. The van der Waals surface area contributed by atoms with Crippen molar-refractivity contribution < 1.29 is 22.5 Å². The number of sulfonamides is 1. The van der Waals surface area contributed by atoms with E-state index in [2.05, 4.69) is 20.2 Å². The highest BCUT2D eigenvalue weighted by molar-refractivity contribution is 7.89. The number of carbonyl (C=O) groups is 1. The monoisotopic (exact) mass is 402 g/mol. The van der Waals surface area contributed by atoms with Crippen LogP contribution in [-0.2, 0) is 21.4 Å². The van der Waals surface area contributed by atoms with Gasteiger partial charge in [-0.15, -0.1) is 0 Å². The van der Waals surface area contributed by atoms with E-state index in [-0.39, 0.29) is 28.9 Å². The molecule has 0 aliphatic carbocycles. The van der Waals surface area contributed by atoms with Crippen molar-refractivity contribution in [3.8, 4) is 17.1 Å². The van der Waals surface area contributed by atoms with Crippen molar-refractivity contribution in [1.29, 1.82) is 0 Å². The molecule has 3 aromatic rings. The molecule has 0 saturated heterocycles. The standard InChI is InChI=1S/C18H18N4O5S/c1-12(23)20-15-10-14(8-9-16(15)26-2)28(24,25)19-11-17-21-18(22-27-17)13-6-4-3-5-7-13/h3-10,19H,11H2,1-2H3,(H,20,23). The van der Waals surface area contributed by atoms with Gasteiger partial charge < -0.3 is 14.6 Å². The lowest BCUT2D eigenvalue weighted by atomic mass is 10.2. The third-order valence-corrected chi connectivity index (χ3v) is 5.10. The molecule has 0 bridgehead atoms. The molecule has 1 aromatic heterocycles.